The largest absolute Gasteiger partial charge is 0.497 e. The van der Waals surface area contributed by atoms with E-state index in [1.54, 1.807) is 46.8 Å². The van der Waals surface area contributed by atoms with Gasteiger partial charge in [-0.2, -0.15) is 40.7 Å². The number of aromatic nitrogens is 13. The number of ether oxygens (including phenoxy) is 4. The van der Waals surface area contributed by atoms with Crippen LogP contribution in [0.5, 0.6) is 23.0 Å². The fourth-order valence-electron chi connectivity index (χ4n) is 13.4. The summed E-state index contributed by atoms with van der Waals surface area (Å²) in [6.07, 6.45) is 8.45. The molecule has 11 aromatic rings. The van der Waals surface area contributed by atoms with Crippen molar-refractivity contribution in [3.05, 3.63) is 241 Å². The minimum absolute atomic E-state index is 0. The summed E-state index contributed by atoms with van der Waals surface area (Å²) in [4.78, 5) is 72.1. The number of Topliss-reactive ketones (excluding diaryl/α,β-unsaturated/α-hetero) is 5. The molecule has 4 atom stereocenters. The predicted molar refractivity (Wildman–Crippen MR) is 490 cm³/mol. The first-order valence-electron chi connectivity index (χ1n) is 40.9. The molecule has 4 saturated heterocycles. The standard InChI is InChI=1S/C28H28N6O3S.C20H22N6O2S.C19H20N4O2.C14H13ClN2O2.C5H8N2.CH5N3S.ClH.H3P/c1-37-25-7-4-5-19(14-25)13-23(35)16-22-8-9-26(31-30-22)34-12-10-20(18-34)28-33-32-27(38-28)17-24(36)15-21-6-2-3-11-29-21;1-28-17-4-2-3-13(10-17)9-16(27)11-15-5-6-18(23-22-15)26-8-7-14(12-26)19-24-25-20(21)29-19;1-25-18-4-2-3-14(10-18)9-17(24)11-16-5-6-19(22-21-16)23-8-7-15(12-20)13-23;1-19-13-4-2-3-10(8-13)7-12(18)9-11-5-6-14(15)17-16-11;6-3-5-1-2-7-4-5;2-1(5)4-3;;/h2-9,11,14,20H,10,12-13,15-18H2,1H3;2-6,10,14H,7-9,11-12H2,1H3,(H2,21,25);2-6,10,15H,7-9,11,13H2,1H3;2-6,8H,7,9H2,1H3;5,7H,1-2,4H2;3H2,(H3,2,4,5);1H;1H3/i;;;;;;;1T3. The van der Waals surface area contributed by atoms with Crippen molar-refractivity contribution in [3.8, 4) is 35.1 Å². The van der Waals surface area contributed by atoms with Crippen molar-refractivity contribution >= 4 is 125 Å². The van der Waals surface area contributed by atoms with Crippen LogP contribution >= 0.6 is 68.6 Å². The molecule has 32 nitrogen and oxygen atoms in total. The molecule has 0 aliphatic carbocycles. The zero-order chi connectivity index (χ0) is 90.8. The zero-order valence-corrected chi connectivity index (χ0v) is 74.4. The van der Waals surface area contributed by atoms with Gasteiger partial charge in [0.2, 0.25) is 5.13 Å². The Morgan fingerprint density at radius 3 is 1.22 bits per heavy atom. The van der Waals surface area contributed by atoms with E-state index in [0.29, 0.717) is 83.5 Å². The van der Waals surface area contributed by atoms with Crippen LogP contribution in [-0.4, -0.2) is 185 Å². The van der Waals surface area contributed by atoms with Gasteiger partial charge in [-0.25, -0.2) is 5.84 Å². The van der Waals surface area contributed by atoms with Gasteiger partial charge in [0.15, 0.2) is 27.7 Å². The zero-order valence-electron chi connectivity index (χ0n) is 72.4. The fraction of sp³-hybridized carbons (Fsp3) is 0.345. The normalized spacial score (nSPS) is 15.4. The predicted octanol–water partition coefficient (Wildman–Crippen LogP) is 9.68. The highest BCUT2D eigenvalue weighted by Crippen LogP contribution is 2.34. The van der Waals surface area contributed by atoms with Crippen LogP contribution in [-0.2, 0) is 88.2 Å². The van der Waals surface area contributed by atoms with E-state index in [0.717, 1.165) is 155 Å². The van der Waals surface area contributed by atoms with Crippen LogP contribution in [0.15, 0.2) is 170 Å². The third-order valence-corrected chi connectivity index (χ3v) is 22.0. The summed E-state index contributed by atoms with van der Waals surface area (Å²) in [5.74, 6) is 11.3. The summed E-state index contributed by atoms with van der Waals surface area (Å²) in [7, 11) is 4.57. The third-order valence-electron chi connectivity index (χ3n) is 19.7. The lowest BCUT2D eigenvalue weighted by atomic mass is 10.1. The van der Waals surface area contributed by atoms with Crippen LogP contribution in [0, 0.1) is 34.5 Å². The molecule has 38 heteroatoms. The number of hydrogen-bond donors (Lipinski definition) is 5. The van der Waals surface area contributed by atoms with E-state index in [4.69, 9.17) is 56.4 Å². The maximum absolute atomic E-state index is 12.5. The first-order chi connectivity index (χ1) is 61.4. The Labute approximate surface area is 757 Å². The van der Waals surface area contributed by atoms with Crippen LogP contribution in [0.4, 0.5) is 22.6 Å². The van der Waals surface area contributed by atoms with E-state index in [1.807, 2.05) is 157 Å². The number of carbonyl (C=O) groups excluding carboxylic acids is 5. The Hall–Kier alpha value is -12.2. The van der Waals surface area contributed by atoms with E-state index in [2.05, 4.69) is 116 Å². The Balaban J connectivity index is 0.000000203. The number of hydrogen-bond acceptors (Lipinski definition) is 33. The van der Waals surface area contributed by atoms with Gasteiger partial charge in [0.05, 0.1) is 111 Å². The van der Waals surface area contributed by atoms with Crippen molar-refractivity contribution in [3.63, 3.8) is 0 Å². The third kappa shape index (κ3) is 33.1. The number of benzene rings is 4. The maximum Gasteiger partial charge on any atom is 0.203 e. The van der Waals surface area contributed by atoms with Crippen molar-refractivity contribution < 1.29 is 42.9 Å². The van der Waals surface area contributed by atoms with Gasteiger partial charge in [0.1, 0.15) is 66.9 Å². The molecule has 4 aliphatic rings. The topological polar surface area (TPSA) is 449 Å². The number of pyridine rings is 1. The van der Waals surface area contributed by atoms with E-state index in [9.17, 15) is 24.0 Å². The fourth-order valence-corrected chi connectivity index (χ4v) is 15.2. The number of nitrogens with zero attached hydrogens (tertiary/aromatic N) is 18. The average Bonchev–Trinajstić information content (AvgIpc) is 1.68. The van der Waals surface area contributed by atoms with Crippen LogP contribution in [0.25, 0.3) is 0 Å². The minimum atomic E-state index is -1.87. The molecule has 0 spiro atoms. The van der Waals surface area contributed by atoms with Crippen LogP contribution in [0.2, 0.25) is 5.15 Å². The number of hydrazine groups is 1. The number of rotatable bonds is 29. The van der Waals surface area contributed by atoms with Crippen molar-refractivity contribution in [2.24, 2.45) is 23.4 Å². The summed E-state index contributed by atoms with van der Waals surface area (Å²) in [6, 6.07) is 54.7. The SMILES string of the molecule is COc1cccc(CC(=O)Cc2ccc(Cl)nn2)c1.COc1cccc(CC(=O)Cc2ccc(N3CCC(C#N)C3)nn2)c1.COc1cccc(CC(=O)Cc2ccc(N3CCC(c4nnc(CC(=O)Cc5ccccn5)s4)C3)nn2)c1.COc1cccc(CC(=O)Cc2ccc(N3CCC(c4nnc(N)s4)C3)nn2)c1.Cl.N#CC1CCNC1.NNC(N)=S.[3H]P([3H])[3H]. The Morgan fingerprint density at radius 1 is 0.496 bits per heavy atom. The summed E-state index contributed by atoms with van der Waals surface area (Å²) >= 11 is 12.8. The van der Waals surface area contributed by atoms with Gasteiger partial charge in [-0.3, -0.25) is 29.0 Å². The molecule has 0 amide bonds. The number of anilines is 4. The molecule has 0 saturated carbocycles. The number of thiocarbonyl (C=S) groups is 1. The summed E-state index contributed by atoms with van der Waals surface area (Å²) < 4.78 is 38.7. The molecule has 15 rings (SSSR count). The second-order valence-electron chi connectivity index (χ2n) is 28.9. The maximum atomic E-state index is 12.5. The Kier molecular flexibility index (Phi) is 38.8. The molecule has 0 bridgehead atoms. The highest BCUT2D eigenvalue weighted by atomic mass is 35.5. The quantitative estimate of drug-likeness (QED) is 0.0126. The lowest BCUT2D eigenvalue weighted by Crippen LogP contribution is -2.34. The first kappa shape index (κ1) is 93.5. The summed E-state index contributed by atoms with van der Waals surface area (Å²) in [5.41, 5.74) is 19.6. The average molecular weight is 1820 g/mol. The summed E-state index contributed by atoms with van der Waals surface area (Å²) in [6.45, 7) is 6.74. The molecule has 654 valence electrons. The van der Waals surface area contributed by atoms with Crippen molar-refractivity contribution in [1.82, 2.24) is 76.9 Å². The minimum Gasteiger partial charge on any atom is -0.497 e. The van der Waals surface area contributed by atoms with Gasteiger partial charge in [0.25, 0.3) is 0 Å². The molecule has 4 aliphatic heterocycles. The number of halogens is 2. The van der Waals surface area contributed by atoms with E-state index in [1.165, 1.54) is 22.7 Å². The molecule has 7 aromatic heterocycles. The number of ketones is 5. The number of nitrogens with one attached hydrogen (secondary N) is 2. The van der Waals surface area contributed by atoms with Gasteiger partial charge >= 0.3 is 0 Å². The lowest BCUT2D eigenvalue weighted by Gasteiger charge is -2.16. The number of methoxy groups -OCH3 is 4. The molecule has 4 unspecified atom stereocenters. The van der Waals surface area contributed by atoms with E-state index in [-0.39, 0.29) is 90.4 Å². The molecule has 4 fully saturated rings. The highest BCUT2D eigenvalue weighted by Gasteiger charge is 2.31. The van der Waals surface area contributed by atoms with Crippen LogP contribution in [0.3, 0.4) is 0 Å². The number of nitrogen functional groups attached to an aromatic ring is 1. The number of nitriles is 2. The monoisotopic (exact) mass is 1810 g/mol. The van der Waals surface area contributed by atoms with Crippen LogP contribution < -0.4 is 61.7 Å². The molecular weight excluding hydrogens is 1710 g/mol. The van der Waals surface area contributed by atoms with Gasteiger partial charge in [-0.1, -0.05) is 77.5 Å². The van der Waals surface area contributed by atoms with Crippen molar-refractivity contribution in [2.45, 2.75) is 102 Å². The number of nitrogens with two attached hydrogens (primary N) is 3. The van der Waals surface area contributed by atoms with Gasteiger partial charge in [0, 0.05) is 102 Å². The molecule has 4 aromatic carbocycles. The molecule has 11 heterocycles. The smallest absolute Gasteiger partial charge is 0.203 e. The second-order valence-corrected chi connectivity index (χ2v) is 31.9. The first-order valence-corrected chi connectivity index (χ1v) is 42.0. The molecular formula is C87H100Cl2N23O9PS3. The van der Waals surface area contributed by atoms with Crippen molar-refractivity contribution in [1.29, 1.82) is 14.4 Å². The van der Waals surface area contributed by atoms with Gasteiger partial charge in [-0.15, -0.1) is 64.5 Å². The van der Waals surface area contributed by atoms with Crippen LogP contribution in [0.1, 0.15) is 103 Å². The highest BCUT2D eigenvalue weighted by molar-refractivity contribution is 7.80. The molecule has 125 heavy (non-hydrogen) atoms. The van der Waals surface area contributed by atoms with E-state index < -0.39 is 9.73 Å². The van der Waals surface area contributed by atoms with E-state index >= 15 is 0 Å². The molecule has 8 N–H and O–H groups in total. The number of carbonyl (C=O) groups is 5. The molecule has 0 radical (unpaired) electrons. The van der Waals surface area contributed by atoms with Gasteiger partial charge < -0.3 is 55.9 Å². The Bertz CT molecular complexity index is 5420. The van der Waals surface area contributed by atoms with Gasteiger partial charge in [-0.05, 0) is 176 Å². The second kappa shape index (κ2) is 51.8. The van der Waals surface area contributed by atoms with Crippen molar-refractivity contribution in [2.75, 3.05) is 101 Å². The summed E-state index contributed by atoms with van der Waals surface area (Å²) in [5, 5.41) is 73.8. The Morgan fingerprint density at radius 2 is 0.888 bits per heavy atom. The lowest BCUT2D eigenvalue weighted by molar-refractivity contribution is -0.118.